The number of hydrogen-bond acceptors (Lipinski definition) is 6. The number of guanidine groups is 1. The fourth-order valence-corrected chi connectivity index (χ4v) is 3.18. The number of pyridine rings is 1. The summed E-state index contributed by atoms with van der Waals surface area (Å²) >= 11 is 0. The maximum atomic E-state index is 5.56. The molecule has 150 valence electrons. The Morgan fingerprint density at radius 3 is 2.86 bits per heavy atom. The van der Waals surface area contributed by atoms with Gasteiger partial charge in [0.2, 0.25) is 0 Å². The lowest BCUT2D eigenvalue weighted by molar-refractivity contribution is 0.357. The molecule has 8 nitrogen and oxygen atoms in total. The lowest BCUT2D eigenvalue weighted by Crippen LogP contribution is -2.39. The summed E-state index contributed by atoms with van der Waals surface area (Å²) < 4.78 is 10.8. The number of fused-ring (bicyclic) bond motifs is 1. The highest BCUT2D eigenvalue weighted by atomic mass is 16.5. The molecule has 29 heavy (non-hydrogen) atoms. The van der Waals surface area contributed by atoms with Gasteiger partial charge in [0.1, 0.15) is 11.4 Å². The van der Waals surface area contributed by atoms with Crippen LogP contribution < -0.4 is 15.4 Å². The van der Waals surface area contributed by atoms with Crippen molar-refractivity contribution in [2.75, 3.05) is 26.7 Å². The molecule has 0 saturated carbocycles. The number of rotatable bonds is 7. The Labute approximate surface area is 169 Å². The van der Waals surface area contributed by atoms with E-state index in [0.717, 1.165) is 37.7 Å². The van der Waals surface area contributed by atoms with E-state index in [1.54, 1.807) is 13.2 Å². The van der Waals surface area contributed by atoms with Crippen LogP contribution in [-0.2, 0) is 19.3 Å². The van der Waals surface area contributed by atoms with Crippen molar-refractivity contribution in [2.24, 2.45) is 4.99 Å². The first kappa shape index (κ1) is 18.9. The van der Waals surface area contributed by atoms with E-state index in [9.17, 15) is 0 Å². The quantitative estimate of drug-likeness (QED) is 0.469. The molecule has 1 aromatic carbocycles. The molecular weight excluding hydrogens is 368 g/mol. The first-order chi connectivity index (χ1) is 14.3. The van der Waals surface area contributed by atoms with Crippen LogP contribution in [-0.4, -0.2) is 47.8 Å². The maximum absolute atomic E-state index is 5.56. The van der Waals surface area contributed by atoms with E-state index in [0.29, 0.717) is 30.4 Å². The van der Waals surface area contributed by atoms with Gasteiger partial charge in [0.25, 0.3) is 5.89 Å². The zero-order valence-corrected chi connectivity index (χ0v) is 16.4. The molecule has 0 atom stereocenters. The van der Waals surface area contributed by atoms with Crippen LogP contribution in [0.15, 0.2) is 52.1 Å². The molecule has 1 aliphatic rings. The Hall–Kier alpha value is -3.42. The molecule has 0 unspecified atom stereocenters. The number of ether oxygens (including phenoxy) is 1. The van der Waals surface area contributed by atoms with Crippen LogP contribution in [0.2, 0.25) is 0 Å². The van der Waals surface area contributed by atoms with E-state index >= 15 is 0 Å². The van der Waals surface area contributed by atoms with Crippen molar-refractivity contribution >= 4 is 5.96 Å². The van der Waals surface area contributed by atoms with E-state index in [2.05, 4.69) is 48.9 Å². The average Bonchev–Trinajstić information content (AvgIpc) is 3.42. The van der Waals surface area contributed by atoms with Crippen molar-refractivity contribution in [3.05, 3.63) is 59.5 Å². The zero-order valence-electron chi connectivity index (χ0n) is 16.4. The first-order valence-electron chi connectivity index (χ1n) is 9.75. The van der Waals surface area contributed by atoms with Crippen molar-refractivity contribution in [1.82, 2.24) is 25.8 Å². The molecule has 4 rings (SSSR count). The Kier molecular flexibility index (Phi) is 5.99. The summed E-state index contributed by atoms with van der Waals surface area (Å²) in [7, 11) is 1.76. The fraction of sp³-hybridized carbons (Fsp3) is 0.333. The van der Waals surface area contributed by atoms with Crippen LogP contribution >= 0.6 is 0 Å². The number of nitrogens with one attached hydrogen (secondary N) is 2. The highest BCUT2D eigenvalue weighted by Gasteiger charge is 2.12. The third kappa shape index (κ3) is 4.90. The molecule has 1 aliphatic heterocycles. The summed E-state index contributed by atoms with van der Waals surface area (Å²) in [4.78, 5) is 12.9. The van der Waals surface area contributed by atoms with Gasteiger partial charge in [0, 0.05) is 39.2 Å². The van der Waals surface area contributed by atoms with Gasteiger partial charge in [-0.05, 0) is 35.7 Å². The van der Waals surface area contributed by atoms with Crippen molar-refractivity contribution < 1.29 is 9.26 Å². The lowest BCUT2D eigenvalue weighted by Gasteiger charge is -2.11. The van der Waals surface area contributed by atoms with E-state index < -0.39 is 0 Å². The van der Waals surface area contributed by atoms with Crippen molar-refractivity contribution in [3.8, 4) is 17.3 Å². The summed E-state index contributed by atoms with van der Waals surface area (Å²) in [6.07, 6.45) is 4.25. The molecule has 3 heterocycles. The normalized spacial score (nSPS) is 13.1. The van der Waals surface area contributed by atoms with Gasteiger partial charge in [-0.1, -0.05) is 23.4 Å². The second kappa shape index (κ2) is 9.18. The molecule has 3 aromatic rings. The van der Waals surface area contributed by atoms with Gasteiger partial charge in [-0.3, -0.25) is 9.98 Å². The predicted octanol–water partition coefficient (Wildman–Crippen LogP) is 2.02. The Bertz CT molecular complexity index is 970. The van der Waals surface area contributed by atoms with Crippen LogP contribution in [0.5, 0.6) is 5.75 Å². The summed E-state index contributed by atoms with van der Waals surface area (Å²) in [6.45, 7) is 2.24. The molecule has 0 fully saturated rings. The molecular formula is C21H24N6O2. The predicted molar refractivity (Wildman–Crippen MR) is 110 cm³/mol. The summed E-state index contributed by atoms with van der Waals surface area (Å²) in [6, 6.07) is 12.0. The largest absolute Gasteiger partial charge is 0.493 e. The zero-order chi connectivity index (χ0) is 19.9. The van der Waals surface area contributed by atoms with Gasteiger partial charge in [0.15, 0.2) is 11.8 Å². The van der Waals surface area contributed by atoms with Crippen molar-refractivity contribution in [3.63, 3.8) is 0 Å². The highest BCUT2D eigenvalue weighted by Crippen LogP contribution is 2.25. The second-order valence-electron chi connectivity index (χ2n) is 6.70. The van der Waals surface area contributed by atoms with Crippen LogP contribution in [0.1, 0.15) is 17.0 Å². The fourth-order valence-electron chi connectivity index (χ4n) is 3.18. The molecule has 0 bridgehead atoms. The monoisotopic (exact) mass is 392 g/mol. The van der Waals surface area contributed by atoms with E-state index in [-0.39, 0.29) is 0 Å². The first-order valence-corrected chi connectivity index (χ1v) is 9.75. The van der Waals surface area contributed by atoms with E-state index in [4.69, 9.17) is 9.26 Å². The van der Waals surface area contributed by atoms with Gasteiger partial charge in [0.05, 0.1) is 6.61 Å². The van der Waals surface area contributed by atoms with E-state index in [1.807, 2.05) is 18.2 Å². The topological polar surface area (TPSA) is 97.5 Å². The molecule has 0 amide bonds. The molecule has 0 spiro atoms. The maximum Gasteiger partial charge on any atom is 0.276 e. The molecule has 0 radical (unpaired) electrons. The summed E-state index contributed by atoms with van der Waals surface area (Å²) in [5.74, 6) is 2.84. The number of aliphatic imine (C=N–C) groups is 1. The highest BCUT2D eigenvalue weighted by molar-refractivity contribution is 5.79. The average molecular weight is 392 g/mol. The molecule has 0 aliphatic carbocycles. The minimum Gasteiger partial charge on any atom is -0.493 e. The van der Waals surface area contributed by atoms with Crippen LogP contribution in [0.4, 0.5) is 0 Å². The Balaban J connectivity index is 1.20. The van der Waals surface area contributed by atoms with Gasteiger partial charge in [-0.15, -0.1) is 0 Å². The number of benzene rings is 1. The second-order valence-corrected chi connectivity index (χ2v) is 6.70. The number of aromatic nitrogens is 3. The van der Waals surface area contributed by atoms with Crippen LogP contribution in [0.25, 0.3) is 11.6 Å². The minimum absolute atomic E-state index is 0.433. The number of hydrogen-bond donors (Lipinski definition) is 2. The molecule has 0 saturated heterocycles. The van der Waals surface area contributed by atoms with Gasteiger partial charge in [-0.25, -0.2) is 0 Å². The smallest absolute Gasteiger partial charge is 0.276 e. The van der Waals surface area contributed by atoms with Crippen LogP contribution in [0.3, 0.4) is 0 Å². The molecule has 8 heteroatoms. The summed E-state index contributed by atoms with van der Waals surface area (Å²) in [5, 5.41) is 10.6. The third-order valence-corrected chi connectivity index (χ3v) is 4.68. The van der Waals surface area contributed by atoms with E-state index in [1.165, 1.54) is 11.1 Å². The minimum atomic E-state index is 0.433. The summed E-state index contributed by atoms with van der Waals surface area (Å²) in [5.41, 5.74) is 3.27. The van der Waals surface area contributed by atoms with Gasteiger partial charge in [-0.2, -0.15) is 4.98 Å². The SMILES string of the molecule is CN=C(NCCc1ccc2c(c1)CCO2)NCCc1noc(-c2ccccn2)n1. The molecule has 2 N–H and O–H groups in total. The third-order valence-electron chi connectivity index (χ3n) is 4.68. The van der Waals surface area contributed by atoms with Crippen molar-refractivity contribution in [1.29, 1.82) is 0 Å². The van der Waals surface area contributed by atoms with Gasteiger partial charge >= 0.3 is 0 Å². The number of nitrogens with zero attached hydrogens (tertiary/aromatic N) is 4. The Morgan fingerprint density at radius 1 is 1.14 bits per heavy atom. The standard InChI is InChI=1S/C21H24N6O2/c1-22-21(24-11-7-15-5-6-18-16(14-15)9-13-28-18)25-12-8-19-26-20(29-27-19)17-4-2-3-10-23-17/h2-6,10,14H,7-9,11-13H2,1H3,(H2,22,24,25). The van der Waals surface area contributed by atoms with Gasteiger partial charge < -0.3 is 19.9 Å². The van der Waals surface area contributed by atoms with Crippen LogP contribution in [0, 0.1) is 0 Å². The molecule has 2 aromatic heterocycles. The Morgan fingerprint density at radius 2 is 2.03 bits per heavy atom. The lowest BCUT2D eigenvalue weighted by atomic mass is 10.1. The van der Waals surface area contributed by atoms with Crippen molar-refractivity contribution in [2.45, 2.75) is 19.3 Å².